The highest BCUT2D eigenvalue weighted by atomic mass is 16.6. The van der Waals surface area contributed by atoms with Gasteiger partial charge in [-0.1, -0.05) is 49.8 Å². The molecule has 0 radical (unpaired) electrons. The molecular weight excluding hydrogens is 402 g/mol. The van der Waals surface area contributed by atoms with E-state index >= 15 is 0 Å². The summed E-state index contributed by atoms with van der Waals surface area (Å²) >= 11 is 0. The van der Waals surface area contributed by atoms with Crippen LogP contribution in [0.15, 0.2) is 47.1 Å². The molecule has 5 nitrogen and oxygen atoms in total. The van der Waals surface area contributed by atoms with Crippen LogP contribution >= 0.6 is 0 Å². The molecule has 5 heteroatoms. The summed E-state index contributed by atoms with van der Waals surface area (Å²) in [5.74, 6) is -1.36. The highest BCUT2D eigenvalue weighted by Crippen LogP contribution is 2.55. The third kappa shape index (κ3) is 5.44. The lowest BCUT2D eigenvalue weighted by molar-refractivity contribution is -0.220. The largest absolute Gasteiger partial charge is 0.388 e. The molecule has 0 aromatic heterocycles. The van der Waals surface area contributed by atoms with E-state index in [9.17, 15) is 15.0 Å². The van der Waals surface area contributed by atoms with Crippen LogP contribution in [0.5, 0.6) is 0 Å². The van der Waals surface area contributed by atoms with Crippen molar-refractivity contribution < 1.29 is 19.7 Å². The van der Waals surface area contributed by atoms with Gasteiger partial charge in [0, 0.05) is 18.4 Å². The highest BCUT2D eigenvalue weighted by Gasteiger charge is 2.44. The normalized spacial score (nSPS) is 35.7. The van der Waals surface area contributed by atoms with Crippen LogP contribution in [0.1, 0.15) is 79.6 Å². The van der Waals surface area contributed by atoms with Gasteiger partial charge < -0.3 is 20.3 Å². The van der Waals surface area contributed by atoms with Crippen LogP contribution in [0.4, 0.5) is 0 Å². The molecule has 0 aliphatic heterocycles. The van der Waals surface area contributed by atoms with Gasteiger partial charge in [0.25, 0.3) is 0 Å². The monoisotopic (exact) mass is 443 g/mol. The molecule has 4 atom stereocenters. The maximum Gasteiger partial charge on any atom is 0.246 e. The van der Waals surface area contributed by atoms with Crippen LogP contribution in [0.3, 0.4) is 0 Å². The van der Waals surface area contributed by atoms with Gasteiger partial charge in [-0.25, -0.2) is 0 Å². The summed E-state index contributed by atoms with van der Waals surface area (Å²) in [4.78, 5) is 12.1. The number of rotatable bonds is 5. The molecule has 3 N–H and O–H groups in total. The van der Waals surface area contributed by atoms with Crippen molar-refractivity contribution in [3.8, 4) is 0 Å². The highest BCUT2D eigenvalue weighted by molar-refractivity contribution is 5.77. The fourth-order valence-electron chi connectivity index (χ4n) is 5.71. The lowest BCUT2D eigenvalue weighted by atomic mass is 9.64. The van der Waals surface area contributed by atoms with E-state index in [-0.39, 0.29) is 36.3 Å². The van der Waals surface area contributed by atoms with E-state index in [1.165, 1.54) is 18.4 Å². The third-order valence-corrected chi connectivity index (χ3v) is 7.37. The molecule has 2 saturated carbocycles. The number of amides is 1. The van der Waals surface area contributed by atoms with Crippen molar-refractivity contribution in [1.29, 1.82) is 0 Å². The number of carbonyl (C=O) groups excluding carboxylic acids is 1. The van der Waals surface area contributed by atoms with Crippen LogP contribution in [-0.2, 0) is 9.53 Å². The van der Waals surface area contributed by atoms with Crippen LogP contribution < -0.4 is 5.32 Å². The zero-order chi connectivity index (χ0) is 23.7. The third-order valence-electron chi connectivity index (χ3n) is 7.37. The number of fused-ring (bicyclic) bond motifs is 1. The molecule has 3 rings (SSSR count). The van der Waals surface area contributed by atoms with Crippen LogP contribution in [0.2, 0.25) is 0 Å². The van der Waals surface area contributed by atoms with Gasteiger partial charge >= 0.3 is 0 Å². The first-order chi connectivity index (χ1) is 14.9. The summed E-state index contributed by atoms with van der Waals surface area (Å²) in [5.41, 5.74) is 4.30. The van der Waals surface area contributed by atoms with Crippen molar-refractivity contribution >= 4 is 5.91 Å². The lowest BCUT2D eigenvalue weighted by Gasteiger charge is -2.41. The Bertz CT molecular complexity index is 846. The van der Waals surface area contributed by atoms with E-state index in [0.717, 1.165) is 24.8 Å². The van der Waals surface area contributed by atoms with Crippen molar-refractivity contribution in [2.75, 3.05) is 6.61 Å². The van der Waals surface area contributed by atoms with Crippen molar-refractivity contribution in [1.82, 2.24) is 5.32 Å². The smallest absolute Gasteiger partial charge is 0.246 e. The van der Waals surface area contributed by atoms with Crippen molar-refractivity contribution in [3.05, 3.63) is 47.1 Å². The minimum atomic E-state index is -1.59. The first-order valence-electron chi connectivity index (χ1n) is 12.0. The van der Waals surface area contributed by atoms with E-state index in [4.69, 9.17) is 4.74 Å². The molecule has 0 aromatic rings. The summed E-state index contributed by atoms with van der Waals surface area (Å²) in [6.45, 7) is 14.1. The van der Waals surface area contributed by atoms with E-state index in [1.54, 1.807) is 5.57 Å². The molecule has 178 valence electrons. The maximum absolute atomic E-state index is 12.1. The fourth-order valence-corrected chi connectivity index (χ4v) is 5.71. The van der Waals surface area contributed by atoms with Gasteiger partial charge in [0.15, 0.2) is 5.79 Å². The molecule has 0 aromatic carbocycles. The second-order valence-corrected chi connectivity index (χ2v) is 11.0. The predicted molar refractivity (Wildman–Crippen MR) is 128 cm³/mol. The molecule has 1 amide bonds. The van der Waals surface area contributed by atoms with Gasteiger partial charge in [-0.15, -0.1) is 0 Å². The summed E-state index contributed by atoms with van der Waals surface area (Å²) in [6, 6.07) is 0. The second kappa shape index (κ2) is 9.28. The second-order valence-electron chi connectivity index (χ2n) is 11.0. The van der Waals surface area contributed by atoms with Gasteiger partial charge in [-0.2, -0.15) is 0 Å². The first kappa shape index (κ1) is 24.9. The minimum absolute atomic E-state index is 0.00696. The molecule has 3 aliphatic rings. The zero-order valence-corrected chi connectivity index (χ0v) is 20.5. The predicted octanol–water partition coefficient (Wildman–Crippen LogP) is 4.72. The van der Waals surface area contributed by atoms with E-state index < -0.39 is 11.9 Å². The Morgan fingerprint density at radius 3 is 2.75 bits per heavy atom. The standard InChI is InChI=1S/C27H41NO4/c1-7-21-12-13-22-19(9-8-14-26(21,22)6)10-11-20-15-27(31,16-23(29)18(20)2)32-17-24(30)28-25(3,4)5/h10-12,22-23,29,31H,2,7-9,13-17H2,1,3-6H3,(H,28,30)/t22-,23?,26+,27-/m0/s1. The van der Waals surface area contributed by atoms with Gasteiger partial charge in [0.05, 0.1) is 6.10 Å². The molecule has 0 heterocycles. The molecule has 3 aliphatic carbocycles. The number of ether oxygens (including phenoxy) is 1. The number of nitrogens with one attached hydrogen (secondary N) is 1. The Balaban J connectivity index is 1.74. The van der Waals surface area contributed by atoms with Gasteiger partial charge in [-0.3, -0.25) is 4.79 Å². The molecule has 2 fully saturated rings. The topological polar surface area (TPSA) is 78.8 Å². The average molecular weight is 444 g/mol. The van der Waals surface area contributed by atoms with Crippen LogP contribution in [0.25, 0.3) is 0 Å². The SMILES string of the molecule is C=C1C(=CC=C2CCC[C@]3(C)C(CC)=CC[C@@H]23)C[C@](O)(OCC(=O)NC(C)(C)C)CC1O. The zero-order valence-electron chi connectivity index (χ0n) is 20.5. The maximum atomic E-state index is 12.1. The van der Waals surface area contributed by atoms with Crippen molar-refractivity contribution in [2.45, 2.75) is 97.0 Å². The van der Waals surface area contributed by atoms with Gasteiger partial charge in [-0.05, 0) is 75.4 Å². The minimum Gasteiger partial charge on any atom is -0.388 e. The van der Waals surface area contributed by atoms with E-state index in [1.807, 2.05) is 26.8 Å². The molecule has 1 unspecified atom stereocenters. The van der Waals surface area contributed by atoms with Crippen molar-refractivity contribution in [2.24, 2.45) is 11.3 Å². The molecule has 0 saturated heterocycles. The van der Waals surface area contributed by atoms with E-state index in [0.29, 0.717) is 11.5 Å². The molecular formula is C27H41NO4. The fraction of sp³-hybridized carbons (Fsp3) is 0.667. The van der Waals surface area contributed by atoms with E-state index in [2.05, 4.69) is 37.9 Å². The summed E-state index contributed by atoms with van der Waals surface area (Å²) in [6.07, 6.45) is 11.6. The van der Waals surface area contributed by atoms with Crippen LogP contribution in [0, 0.1) is 11.3 Å². The first-order valence-corrected chi connectivity index (χ1v) is 12.0. The number of aliphatic hydroxyl groups is 2. The Morgan fingerprint density at radius 2 is 2.09 bits per heavy atom. The number of allylic oxidation sites excluding steroid dienone is 5. The summed E-state index contributed by atoms with van der Waals surface area (Å²) in [5, 5.41) is 24.3. The van der Waals surface area contributed by atoms with Crippen molar-refractivity contribution in [3.63, 3.8) is 0 Å². The van der Waals surface area contributed by atoms with Crippen LogP contribution in [-0.4, -0.2) is 40.2 Å². The Hall–Kier alpha value is -1.69. The van der Waals surface area contributed by atoms with Gasteiger partial charge in [0.1, 0.15) is 6.61 Å². The molecule has 32 heavy (non-hydrogen) atoms. The number of aliphatic hydroxyl groups excluding tert-OH is 1. The quantitative estimate of drug-likeness (QED) is 0.424. The summed E-state index contributed by atoms with van der Waals surface area (Å²) in [7, 11) is 0. The molecule has 0 bridgehead atoms. The summed E-state index contributed by atoms with van der Waals surface area (Å²) < 4.78 is 5.61. The lowest BCUT2D eigenvalue weighted by Crippen LogP contribution is -2.47. The Morgan fingerprint density at radius 1 is 1.38 bits per heavy atom. The Labute approximate surface area is 193 Å². The number of hydrogen-bond donors (Lipinski definition) is 3. The Kier molecular flexibility index (Phi) is 7.23. The average Bonchev–Trinajstić information content (AvgIpc) is 3.03. The number of hydrogen-bond acceptors (Lipinski definition) is 4. The number of carbonyl (C=O) groups is 1. The van der Waals surface area contributed by atoms with Gasteiger partial charge in [0.2, 0.25) is 5.91 Å². The molecule has 0 spiro atoms.